The highest BCUT2D eigenvalue weighted by Gasteiger charge is 1.96. The normalized spacial score (nSPS) is 11.8. The molecule has 4 heteroatoms. The number of rotatable bonds is 10. The molecule has 0 aromatic heterocycles. The van der Waals surface area contributed by atoms with Gasteiger partial charge >= 0.3 is 0 Å². The van der Waals surface area contributed by atoms with E-state index in [2.05, 4.69) is 13.8 Å². The summed E-state index contributed by atoms with van der Waals surface area (Å²) in [6.07, 6.45) is 4.50. The summed E-state index contributed by atoms with van der Waals surface area (Å²) in [6.45, 7) is 8.42. The lowest BCUT2D eigenvalue weighted by atomic mass is 10.3. The van der Waals surface area contributed by atoms with E-state index in [1.54, 1.807) is 0 Å². The second-order valence-electron chi connectivity index (χ2n) is 3.91. The minimum atomic E-state index is 0.0107. The fourth-order valence-corrected chi connectivity index (χ4v) is 0.895. The molecule has 106 valence electrons. The quantitative estimate of drug-likeness (QED) is 0.582. The van der Waals surface area contributed by atoms with Crippen molar-refractivity contribution in [3.63, 3.8) is 0 Å². The van der Waals surface area contributed by atoms with Gasteiger partial charge in [-0.25, -0.2) is 0 Å². The zero-order valence-corrected chi connectivity index (χ0v) is 11.7. The molecule has 0 radical (unpaired) electrons. The van der Waals surface area contributed by atoms with E-state index in [9.17, 15) is 0 Å². The summed E-state index contributed by atoms with van der Waals surface area (Å²) in [6, 6.07) is 0. The van der Waals surface area contributed by atoms with E-state index < -0.39 is 0 Å². The number of unbranched alkanes of at least 4 members (excludes halogenated alkanes) is 2. The lowest BCUT2D eigenvalue weighted by molar-refractivity contribution is 0.0237. The maximum Gasteiger partial charge on any atom is 0.0777 e. The van der Waals surface area contributed by atoms with Crippen molar-refractivity contribution in [2.45, 2.75) is 52.6 Å². The van der Waals surface area contributed by atoms with Crippen LogP contribution in [0.5, 0.6) is 0 Å². The van der Waals surface area contributed by atoms with Crippen LogP contribution in [0.1, 0.15) is 46.5 Å². The third-order valence-corrected chi connectivity index (χ3v) is 2.04. The SMILES string of the molecule is CCCCOC(C)CO.CCCCOCCO. The molecule has 0 bridgehead atoms. The molecule has 1 unspecified atom stereocenters. The summed E-state index contributed by atoms with van der Waals surface area (Å²) in [5.41, 5.74) is 0. The minimum absolute atomic E-state index is 0.0107. The molecule has 0 aromatic rings. The molecule has 4 nitrogen and oxygen atoms in total. The summed E-state index contributed by atoms with van der Waals surface area (Å²) in [4.78, 5) is 0. The van der Waals surface area contributed by atoms with Crippen molar-refractivity contribution >= 4 is 0 Å². The van der Waals surface area contributed by atoms with Gasteiger partial charge in [0, 0.05) is 13.2 Å². The van der Waals surface area contributed by atoms with Crippen LogP contribution in [0.25, 0.3) is 0 Å². The third-order valence-electron chi connectivity index (χ3n) is 2.04. The first-order valence-electron chi connectivity index (χ1n) is 6.63. The van der Waals surface area contributed by atoms with Gasteiger partial charge in [-0.3, -0.25) is 0 Å². The molecule has 0 aliphatic carbocycles. The second kappa shape index (κ2) is 18.2. The molecule has 0 rings (SSSR count). The van der Waals surface area contributed by atoms with Crippen LogP contribution in [-0.4, -0.2) is 49.4 Å². The zero-order chi connectivity index (χ0) is 13.4. The number of hydrogen-bond donors (Lipinski definition) is 2. The molecule has 0 fully saturated rings. The lowest BCUT2D eigenvalue weighted by Crippen LogP contribution is -2.13. The monoisotopic (exact) mass is 250 g/mol. The van der Waals surface area contributed by atoms with E-state index in [0.29, 0.717) is 6.61 Å². The standard InChI is InChI=1S/C7H16O2.C6H14O2/c1-3-4-5-9-7(2)6-8;1-2-3-5-8-6-4-7/h7-8H,3-6H2,1-2H3;7H,2-6H2,1H3. The van der Waals surface area contributed by atoms with E-state index in [1.807, 2.05) is 6.92 Å². The van der Waals surface area contributed by atoms with Gasteiger partial charge in [0.2, 0.25) is 0 Å². The molecular weight excluding hydrogens is 220 g/mol. The Morgan fingerprint density at radius 3 is 2.00 bits per heavy atom. The van der Waals surface area contributed by atoms with Gasteiger partial charge in [-0.05, 0) is 19.8 Å². The van der Waals surface area contributed by atoms with Crippen LogP contribution >= 0.6 is 0 Å². The summed E-state index contributed by atoms with van der Waals surface area (Å²) < 4.78 is 10.2. The molecule has 0 heterocycles. The molecule has 0 saturated carbocycles. The van der Waals surface area contributed by atoms with Crippen LogP contribution in [0.2, 0.25) is 0 Å². The van der Waals surface area contributed by atoms with Crippen molar-refractivity contribution < 1.29 is 19.7 Å². The van der Waals surface area contributed by atoms with Gasteiger partial charge in [-0.1, -0.05) is 26.7 Å². The van der Waals surface area contributed by atoms with Crippen molar-refractivity contribution in [2.75, 3.05) is 33.0 Å². The molecule has 0 aliphatic heterocycles. The average Bonchev–Trinajstić information content (AvgIpc) is 2.35. The number of hydrogen-bond acceptors (Lipinski definition) is 4. The van der Waals surface area contributed by atoms with Gasteiger partial charge in [-0.2, -0.15) is 0 Å². The van der Waals surface area contributed by atoms with Gasteiger partial charge < -0.3 is 19.7 Å². The van der Waals surface area contributed by atoms with E-state index in [4.69, 9.17) is 19.7 Å². The van der Waals surface area contributed by atoms with Crippen molar-refractivity contribution in [1.29, 1.82) is 0 Å². The summed E-state index contributed by atoms with van der Waals surface area (Å²) in [5, 5.41) is 16.7. The highest BCUT2D eigenvalue weighted by atomic mass is 16.5. The lowest BCUT2D eigenvalue weighted by Gasteiger charge is -2.07. The molecule has 0 spiro atoms. The van der Waals surface area contributed by atoms with Crippen LogP contribution in [-0.2, 0) is 9.47 Å². The van der Waals surface area contributed by atoms with Gasteiger partial charge in [-0.15, -0.1) is 0 Å². The average molecular weight is 250 g/mol. The fourth-order valence-electron chi connectivity index (χ4n) is 0.895. The summed E-state index contributed by atoms with van der Waals surface area (Å²) in [7, 11) is 0. The topological polar surface area (TPSA) is 58.9 Å². The molecule has 0 amide bonds. The van der Waals surface area contributed by atoms with E-state index in [1.165, 1.54) is 0 Å². The predicted molar refractivity (Wildman–Crippen MR) is 70.2 cm³/mol. The molecule has 0 aromatic carbocycles. The fraction of sp³-hybridized carbons (Fsp3) is 1.00. The Balaban J connectivity index is 0. The number of ether oxygens (including phenoxy) is 2. The summed E-state index contributed by atoms with van der Waals surface area (Å²) >= 11 is 0. The third kappa shape index (κ3) is 21.6. The first kappa shape index (κ1) is 19.2. The Bertz CT molecular complexity index is 114. The van der Waals surface area contributed by atoms with Crippen molar-refractivity contribution in [3.05, 3.63) is 0 Å². The van der Waals surface area contributed by atoms with Crippen LogP contribution in [0.15, 0.2) is 0 Å². The van der Waals surface area contributed by atoms with E-state index >= 15 is 0 Å². The first-order valence-corrected chi connectivity index (χ1v) is 6.63. The second-order valence-corrected chi connectivity index (χ2v) is 3.91. The van der Waals surface area contributed by atoms with Crippen LogP contribution in [0, 0.1) is 0 Å². The van der Waals surface area contributed by atoms with Gasteiger partial charge in [0.15, 0.2) is 0 Å². The van der Waals surface area contributed by atoms with Gasteiger partial charge in [0.25, 0.3) is 0 Å². The molecule has 0 saturated heterocycles. The van der Waals surface area contributed by atoms with Crippen LogP contribution in [0.3, 0.4) is 0 Å². The Kier molecular flexibility index (Phi) is 20.6. The van der Waals surface area contributed by atoms with Crippen LogP contribution in [0.4, 0.5) is 0 Å². The number of aliphatic hydroxyl groups is 2. The maximum absolute atomic E-state index is 8.51. The Labute approximate surface area is 106 Å². The molecule has 0 aliphatic rings. The van der Waals surface area contributed by atoms with Crippen molar-refractivity contribution in [3.8, 4) is 0 Å². The van der Waals surface area contributed by atoms with Crippen molar-refractivity contribution in [1.82, 2.24) is 0 Å². The predicted octanol–water partition coefficient (Wildman–Crippen LogP) is 1.98. The highest BCUT2D eigenvalue weighted by molar-refractivity contribution is 4.43. The minimum Gasteiger partial charge on any atom is -0.394 e. The first-order chi connectivity index (χ1) is 8.22. The molecular formula is C13H30O4. The summed E-state index contributed by atoms with van der Waals surface area (Å²) in [5.74, 6) is 0. The van der Waals surface area contributed by atoms with Gasteiger partial charge in [0.1, 0.15) is 0 Å². The van der Waals surface area contributed by atoms with E-state index in [0.717, 1.165) is 38.9 Å². The number of aliphatic hydroxyl groups excluding tert-OH is 2. The van der Waals surface area contributed by atoms with Gasteiger partial charge in [0.05, 0.1) is 25.9 Å². The van der Waals surface area contributed by atoms with Crippen LogP contribution < -0.4 is 0 Å². The molecule has 2 N–H and O–H groups in total. The Morgan fingerprint density at radius 1 is 0.941 bits per heavy atom. The zero-order valence-electron chi connectivity index (χ0n) is 11.7. The maximum atomic E-state index is 8.51. The Hall–Kier alpha value is -0.160. The highest BCUT2D eigenvalue weighted by Crippen LogP contribution is 1.92. The van der Waals surface area contributed by atoms with E-state index in [-0.39, 0.29) is 19.3 Å². The molecule has 17 heavy (non-hydrogen) atoms. The largest absolute Gasteiger partial charge is 0.394 e. The smallest absolute Gasteiger partial charge is 0.0777 e. The Morgan fingerprint density at radius 2 is 1.53 bits per heavy atom. The molecule has 1 atom stereocenters. The van der Waals surface area contributed by atoms with Crippen molar-refractivity contribution in [2.24, 2.45) is 0 Å².